The van der Waals surface area contributed by atoms with Gasteiger partial charge in [0.2, 0.25) is 5.91 Å². The molecule has 0 saturated carbocycles. The summed E-state index contributed by atoms with van der Waals surface area (Å²) in [7, 11) is 0. The second-order valence-corrected chi connectivity index (χ2v) is 9.02. The summed E-state index contributed by atoms with van der Waals surface area (Å²) in [4.78, 5) is 27.8. The van der Waals surface area contributed by atoms with E-state index >= 15 is 0 Å². The van der Waals surface area contributed by atoms with E-state index < -0.39 is 6.04 Å². The minimum absolute atomic E-state index is 0.248. The standard InChI is InChI=1S/C20H21ClN4O2S/c1-10-4-7-14-16(8-10)28-19-17(14)20(27)25(24-23-19)12(3)18(26)22-15-9-13(21)6-5-11(15)2/h5-6,9-10,12H,4,7-8H2,1-3H3,(H,22,26)/t10-,12-/m1/s1. The summed E-state index contributed by atoms with van der Waals surface area (Å²) in [6, 6.07) is 4.50. The van der Waals surface area contributed by atoms with E-state index in [1.165, 1.54) is 9.56 Å². The van der Waals surface area contributed by atoms with Crippen LogP contribution in [0.3, 0.4) is 0 Å². The van der Waals surface area contributed by atoms with E-state index in [-0.39, 0.29) is 11.5 Å². The fourth-order valence-corrected chi connectivity index (χ4v) is 5.09. The third-order valence-corrected chi connectivity index (χ3v) is 6.72. The van der Waals surface area contributed by atoms with Crippen LogP contribution in [0.4, 0.5) is 5.69 Å². The maximum Gasteiger partial charge on any atom is 0.279 e. The van der Waals surface area contributed by atoms with Gasteiger partial charge in [0.1, 0.15) is 6.04 Å². The summed E-state index contributed by atoms with van der Waals surface area (Å²) in [5.41, 5.74) is 2.35. The highest BCUT2D eigenvalue weighted by molar-refractivity contribution is 7.18. The minimum Gasteiger partial charge on any atom is -0.324 e. The van der Waals surface area contributed by atoms with E-state index in [1.54, 1.807) is 30.4 Å². The largest absolute Gasteiger partial charge is 0.324 e. The van der Waals surface area contributed by atoms with E-state index in [2.05, 4.69) is 22.6 Å². The molecule has 146 valence electrons. The molecule has 1 aliphatic rings. The van der Waals surface area contributed by atoms with Crippen LogP contribution in [0.2, 0.25) is 5.02 Å². The Morgan fingerprint density at radius 2 is 2.21 bits per heavy atom. The number of benzene rings is 1. The normalized spacial score (nSPS) is 17.4. The molecule has 2 aromatic heterocycles. The molecule has 0 spiro atoms. The van der Waals surface area contributed by atoms with Crippen molar-refractivity contribution in [3.8, 4) is 0 Å². The molecule has 2 heterocycles. The predicted octanol–water partition coefficient (Wildman–Crippen LogP) is 4.14. The highest BCUT2D eigenvalue weighted by Crippen LogP contribution is 2.35. The van der Waals surface area contributed by atoms with Crippen LogP contribution in [0.15, 0.2) is 23.0 Å². The molecular formula is C20H21ClN4O2S. The first-order chi connectivity index (χ1) is 13.3. The van der Waals surface area contributed by atoms with Crippen molar-refractivity contribution in [3.63, 3.8) is 0 Å². The lowest BCUT2D eigenvalue weighted by molar-refractivity contribution is -0.119. The SMILES string of the molecule is Cc1ccc(Cl)cc1NC(=O)[C@@H](C)n1nnc2sc3c(c2c1=O)CC[C@@H](C)C3. The third kappa shape index (κ3) is 3.33. The van der Waals surface area contributed by atoms with Crippen LogP contribution in [0.5, 0.6) is 0 Å². The first kappa shape index (κ1) is 19.1. The average molecular weight is 417 g/mol. The number of hydrogen-bond acceptors (Lipinski definition) is 5. The number of thiophene rings is 1. The van der Waals surface area contributed by atoms with Crippen LogP contribution in [0.1, 0.15) is 42.3 Å². The van der Waals surface area contributed by atoms with Gasteiger partial charge >= 0.3 is 0 Å². The summed E-state index contributed by atoms with van der Waals surface area (Å²) in [5.74, 6) is 0.278. The Balaban J connectivity index is 1.68. The van der Waals surface area contributed by atoms with Gasteiger partial charge in [-0.3, -0.25) is 9.59 Å². The topological polar surface area (TPSA) is 76.9 Å². The van der Waals surface area contributed by atoms with Crippen molar-refractivity contribution in [1.82, 2.24) is 15.0 Å². The Hall–Kier alpha value is -2.25. The fourth-order valence-electron chi connectivity index (χ4n) is 3.60. The second kappa shape index (κ2) is 7.29. The molecule has 1 amide bonds. The number of aromatic nitrogens is 3. The number of nitrogens with zero attached hydrogens (tertiary/aromatic N) is 3. The molecule has 1 aromatic carbocycles. The van der Waals surface area contributed by atoms with Crippen molar-refractivity contribution in [3.05, 3.63) is 49.6 Å². The Morgan fingerprint density at radius 3 is 3.00 bits per heavy atom. The summed E-state index contributed by atoms with van der Waals surface area (Å²) in [5, 5.41) is 12.3. The average Bonchev–Trinajstić information content (AvgIpc) is 3.02. The fraction of sp³-hybridized carbons (Fsp3) is 0.400. The van der Waals surface area contributed by atoms with Crippen molar-refractivity contribution >= 4 is 44.7 Å². The Kier molecular flexibility index (Phi) is 4.97. The molecule has 6 nitrogen and oxygen atoms in total. The quantitative estimate of drug-likeness (QED) is 0.696. The first-order valence-electron chi connectivity index (χ1n) is 9.32. The van der Waals surface area contributed by atoms with Gasteiger partial charge < -0.3 is 5.32 Å². The zero-order valence-corrected chi connectivity index (χ0v) is 17.5. The number of anilines is 1. The number of hydrogen-bond donors (Lipinski definition) is 1. The summed E-state index contributed by atoms with van der Waals surface area (Å²) in [6.07, 6.45) is 2.91. The predicted molar refractivity (Wildman–Crippen MR) is 112 cm³/mol. The molecule has 3 aromatic rings. The number of nitrogens with one attached hydrogen (secondary N) is 1. The molecule has 0 aliphatic heterocycles. The number of aryl methyl sites for hydroxylation is 2. The molecule has 0 unspecified atom stereocenters. The van der Waals surface area contributed by atoms with Crippen molar-refractivity contribution in [1.29, 1.82) is 0 Å². The van der Waals surface area contributed by atoms with Gasteiger partial charge in [-0.15, -0.1) is 16.4 Å². The molecule has 1 N–H and O–H groups in total. The summed E-state index contributed by atoms with van der Waals surface area (Å²) >= 11 is 7.58. The van der Waals surface area contributed by atoms with Crippen LogP contribution in [0.25, 0.3) is 10.2 Å². The molecule has 0 radical (unpaired) electrons. The molecule has 0 saturated heterocycles. The van der Waals surface area contributed by atoms with Gasteiger partial charge in [0.25, 0.3) is 5.56 Å². The number of fused-ring (bicyclic) bond motifs is 3. The van der Waals surface area contributed by atoms with Crippen LogP contribution in [-0.2, 0) is 17.6 Å². The van der Waals surface area contributed by atoms with E-state index in [0.29, 0.717) is 26.8 Å². The minimum atomic E-state index is -0.791. The number of carbonyl (C=O) groups excluding carboxylic acids is 1. The maximum atomic E-state index is 13.1. The van der Waals surface area contributed by atoms with E-state index in [0.717, 1.165) is 30.4 Å². The molecule has 28 heavy (non-hydrogen) atoms. The lowest BCUT2D eigenvalue weighted by atomic mass is 9.89. The van der Waals surface area contributed by atoms with Crippen molar-refractivity contribution in [2.45, 2.75) is 46.1 Å². The highest BCUT2D eigenvalue weighted by atomic mass is 35.5. The van der Waals surface area contributed by atoms with Gasteiger partial charge in [-0.05, 0) is 62.3 Å². The van der Waals surface area contributed by atoms with Gasteiger partial charge in [-0.1, -0.05) is 29.8 Å². The molecule has 0 bridgehead atoms. The zero-order valence-electron chi connectivity index (χ0n) is 16.0. The summed E-state index contributed by atoms with van der Waals surface area (Å²) in [6.45, 7) is 5.76. The maximum absolute atomic E-state index is 13.1. The van der Waals surface area contributed by atoms with Gasteiger partial charge in [0.15, 0.2) is 4.83 Å². The van der Waals surface area contributed by atoms with Crippen molar-refractivity contribution in [2.24, 2.45) is 5.92 Å². The lowest BCUT2D eigenvalue weighted by Gasteiger charge is -2.18. The van der Waals surface area contributed by atoms with Crippen molar-refractivity contribution in [2.75, 3.05) is 5.32 Å². The van der Waals surface area contributed by atoms with Crippen LogP contribution in [0, 0.1) is 12.8 Å². The number of amides is 1. The zero-order chi connectivity index (χ0) is 20.0. The second-order valence-electron chi connectivity index (χ2n) is 7.50. The lowest BCUT2D eigenvalue weighted by Crippen LogP contribution is -2.34. The monoisotopic (exact) mass is 416 g/mol. The van der Waals surface area contributed by atoms with E-state index in [9.17, 15) is 9.59 Å². The molecule has 0 fully saturated rings. The number of halogens is 1. The molecule has 2 atom stereocenters. The molecular weight excluding hydrogens is 396 g/mol. The van der Waals surface area contributed by atoms with Crippen molar-refractivity contribution < 1.29 is 4.79 Å². The first-order valence-corrected chi connectivity index (χ1v) is 10.5. The Morgan fingerprint density at radius 1 is 1.43 bits per heavy atom. The van der Waals surface area contributed by atoms with Gasteiger partial charge in [0, 0.05) is 15.6 Å². The van der Waals surface area contributed by atoms with Crippen LogP contribution in [-0.4, -0.2) is 20.9 Å². The molecule has 4 rings (SSSR count). The Labute approximate surface area is 171 Å². The number of rotatable bonds is 3. The smallest absolute Gasteiger partial charge is 0.279 e. The molecule has 8 heteroatoms. The van der Waals surface area contributed by atoms with Crippen LogP contribution < -0.4 is 10.9 Å². The van der Waals surface area contributed by atoms with Crippen LogP contribution >= 0.6 is 22.9 Å². The van der Waals surface area contributed by atoms with Gasteiger partial charge in [0.05, 0.1) is 5.39 Å². The van der Waals surface area contributed by atoms with Gasteiger partial charge in [-0.2, -0.15) is 4.68 Å². The van der Waals surface area contributed by atoms with E-state index in [1.807, 2.05) is 13.0 Å². The van der Waals surface area contributed by atoms with E-state index in [4.69, 9.17) is 11.6 Å². The van der Waals surface area contributed by atoms with Gasteiger partial charge in [-0.25, -0.2) is 0 Å². The summed E-state index contributed by atoms with van der Waals surface area (Å²) < 4.78 is 1.18. The molecule has 1 aliphatic carbocycles. The Bertz CT molecular complexity index is 1140. The third-order valence-electron chi connectivity index (χ3n) is 5.35. The number of carbonyl (C=O) groups is 1. The highest BCUT2D eigenvalue weighted by Gasteiger charge is 2.26.